The first-order valence-electron chi connectivity index (χ1n) is 7.84. The number of carbonyl (C=O) groups is 1. The summed E-state index contributed by atoms with van der Waals surface area (Å²) in [5.74, 6) is 0.702. The monoisotopic (exact) mass is 353 g/mol. The average Bonchev–Trinajstić information content (AvgIpc) is 3.09. The number of hydrogen-bond acceptors (Lipinski definition) is 5. The third kappa shape index (κ3) is 4.68. The minimum atomic E-state index is -0.375. The van der Waals surface area contributed by atoms with Crippen molar-refractivity contribution in [3.05, 3.63) is 71.5 Å². The number of carbonyl (C=O) groups excluding carboxylic acids is 1. The molecule has 1 aromatic heterocycles. The number of nitrogens with one attached hydrogen (secondary N) is 2. The van der Waals surface area contributed by atoms with Gasteiger partial charge in [0.15, 0.2) is 0 Å². The summed E-state index contributed by atoms with van der Waals surface area (Å²) in [6.07, 6.45) is 0. The maximum Gasteiger partial charge on any atom is 0.234 e. The third-order valence-corrected chi connectivity index (χ3v) is 4.42. The number of H-pyrrole nitrogens is 1. The van der Waals surface area contributed by atoms with Crippen LogP contribution in [0.25, 0.3) is 0 Å². The Kier molecular flexibility index (Phi) is 5.47. The van der Waals surface area contributed by atoms with Gasteiger partial charge < -0.3 is 11.1 Å². The quantitative estimate of drug-likeness (QED) is 0.592. The summed E-state index contributed by atoms with van der Waals surface area (Å²) in [6.45, 7) is 2.02. The summed E-state index contributed by atoms with van der Waals surface area (Å²) >= 11 is 1.26. The Morgan fingerprint density at radius 1 is 1.24 bits per heavy atom. The fraction of sp³-hybridized carbons (Fsp3) is 0.167. The lowest BCUT2D eigenvalue weighted by Gasteiger charge is -2.09. The highest BCUT2D eigenvalue weighted by Crippen LogP contribution is 2.20. The van der Waals surface area contributed by atoms with Crippen molar-refractivity contribution in [2.45, 2.75) is 18.1 Å². The standard InChI is InChI=1S/C18H19N5OS/c1-12-6-5-7-13(10-12)16(19)17-21-18(23-22-17)25-11-15(24)20-14-8-3-2-4-9-14/h2-10,16H,11,19H2,1H3,(H,20,24)(H,21,22,23). The van der Waals surface area contributed by atoms with Gasteiger partial charge in [0.1, 0.15) is 5.82 Å². The highest BCUT2D eigenvalue weighted by Gasteiger charge is 2.15. The fourth-order valence-corrected chi connectivity index (χ4v) is 2.94. The Labute approximate surface area is 150 Å². The van der Waals surface area contributed by atoms with E-state index in [0.717, 1.165) is 16.8 Å². The molecule has 0 spiro atoms. The number of anilines is 1. The van der Waals surface area contributed by atoms with E-state index in [2.05, 4.69) is 20.5 Å². The maximum absolute atomic E-state index is 12.0. The summed E-state index contributed by atoms with van der Waals surface area (Å²) in [4.78, 5) is 16.3. The summed E-state index contributed by atoms with van der Waals surface area (Å²) in [7, 11) is 0. The highest BCUT2D eigenvalue weighted by molar-refractivity contribution is 7.99. The van der Waals surface area contributed by atoms with Crippen LogP contribution in [0.5, 0.6) is 0 Å². The van der Waals surface area contributed by atoms with Crippen molar-refractivity contribution in [1.29, 1.82) is 0 Å². The fourth-order valence-electron chi connectivity index (χ4n) is 2.33. The number of aryl methyl sites for hydroxylation is 1. The molecule has 1 unspecified atom stereocenters. The maximum atomic E-state index is 12.0. The first-order valence-corrected chi connectivity index (χ1v) is 8.82. The Morgan fingerprint density at radius 3 is 2.80 bits per heavy atom. The Bertz CT molecular complexity index is 849. The predicted molar refractivity (Wildman–Crippen MR) is 99.4 cm³/mol. The number of thioether (sulfide) groups is 1. The smallest absolute Gasteiger partial charge is 0.234 e. The van der Waals surface area contributed by atoms with Crippen LogP contribution in [0.15, 0.2) is 59.8 Å². The van der Waals surface area contributed by atoms with Crippen molar-refractivity contribution in [2.24, 2.45) is 5.73 Å². The molecule has 3 rings (SSSR count). The number of rotatable bonds is 6. The van der Waals surface area contributed by atoms with Crippen LogP contribution < -0.4 is 11.1 Å². The van der Waals surface area contributed by atoms with Crippen LogP contribution in [0.3, 0.4) is 0 Å². The van der Waals surface area contributed by atoms with Gasteiger partial charge in [-0.1, -0.05) is 59.8 Å². The zero-order valence-corrected chi connectivity index (χ0v) is 14.6. The van der Waals surface area contributed by atoms with Gasteiger partial charge in [0.2, 0.25) is 11.1 Å². The number of nitrogens with two attached hydrogens (primary N) is 1. The number of aromatic nitrogens is 3. The van der Waals surface area contributed by atoms with E-state index in [1.54, 1.807) is 0 Å². The molecular weight excluding hydrogens is 334 g/mol. The number of para-hydroxylation sites is 1. The van der Waals surface area contributed by atoms with Crippen molar-refractivity contribution in [2.75, 3.05) is 11.1 Å². The molecule has 25 heavy (non-hydrogen) atoms. The SMILES string of the molecule is Cc1cccc(C(N)c2nc(SCC(=O)Nc3ccccc3)n[nH]2)c1. The molecule has 128 valence electrons. The minimum absolute atomic E-state index is 0.106. The zero-order valence-electron chi connectivity index (χ0n) is 13.8. The lowest BCUT2D eigenvalue weighted by Crippen LogP contribution is -2.14. The van der Waals surface area contributed by atoms with E-state index < -0.39 is 0 Å². The number of aromatic amines is 1. The summed E-state index contributed by atoms with van der Waals surface area (Å²) in [5, 5.41) is 10.3. The van der Waals surface area contributed by atoms with Gasteiger partial charge in [-0.05, 0) is 24.6 Å². The molecule has 1 heterocycles. The molecule has 0 aliphatic rings. The lowest BCUT2D eigenvalue weighted by atomic mass is 10.1. The van der Waals surface area contributed by atoms with E-state index in [9.17, 15) is 4.79 Å². The molecule has 0 aliphatic carbocycles. The van der Waals surface area contributed by atoms with E-state index in [1.807, 2.05) is 61.5 Å². The Balaban J connectivity index is 1.57. The van der Waals surface area contributed by atoms with Crippen LogP contribution in [0.1, 0.15) is 23.0 Å². The Hall–Kier alpha value is -2.64. The van der Waals surface area contributed by atoms with Crippen LogP contribution in [0.2, 0.25) is 0 Å². The second kappa shape index (κ2) is 7.96. The van der Waals surface area contributed by atoms with Crippen LogP contribution in [-0.4, -0.2) is 26.8 Å². The van der Waals surface area contributed by atoms with E-state index >= 15 is 0 Å². The van der Waals surface area contributed by atoms with Gasteiger partial charge >= 0.3 is 0 Å². The topological polar surface area (TPSA) is 96.7 Å². The molecule has 0 saturated carbocycles. The van der Waals surface area contributed by atoms with E-state index in [-0.39, 0.29) is 17.7 Å². The largest absolute Gasteiger partial charge is 0.325 e. The zero-order chi connectivity index (χ0) is 17.6. The number of hydrogen-bond donors (Lipinski definition) is 3. The van der Waals surface area contributed by atoms with Gasteiger partial charge in [-0.3, -0.25) is 9.89 Å². The first-order chi connectivity index (χ1) is 12.1. The normalized spacial score (nSPS) is 11.9. The number of amides is 1. The first kappa shape index (κ1) is 17.2. The van der Waals surface area contributed by atoms with Gasteiger partial charge in [0, 0.05) is 5.69 Å². The molecular formula is C18H19N5OS. The number of benzene rings is 2. The van der Waals surface area contributed by atoms with Crippen LogP contribution >= 0.6 is 11.8 Å². The van der Waals surface area contributed by atoms with Crippen molar-refractivity contribution < 1.29 is 4.79 Å². The molecule has 1 amide bonds. The van der Waals surface area contributed by atoms with Gasteiger partial charge in [0.25, 0.3) is 0 Å². The molecule has 4 N–H and O–H groups in total. The second-order valence-corrected chi connectivity index (χ2v) is 6.54. The summed E-state index contributed by atoms with van der Waals surface area (Å²) in [5.41, 5.74) is 9.11. The van der Waals surface area contributed by atoms with Crippen molar-refractivity contribution >= 4 is 23.4 Å². The van der Waals surface area contributed by atoms with E-state index in [0.29, 0.717) is 11.0 Å². The average molecular weight is 353 g/mol. The summed E-state index contributed by atoms with van der Waals surface area (Å²) in [6, 6.07) is 16.9. The van der Waals surface area contributed by atoms with Gasteiger partial charge in [-0.25, -0.2) is 4.98 Å². The molecule has 0 radical (unpaired) electrons. The van der Waals surface area contributed by atoms with Crippen LogP contribution in [0, 0.1) is 6.92 Å². The Morgan fingerprint density at radius 2 is 2.04 bits per heavy atom. The van der Waals surface area contributed by atoms with Gasteiger partial charge in [-0.15, -0.1) is 5.10 Å². The van der Waals surface area contributed by atoms with Crippen molar-refractivity contribution in [3.8, 4) is 0 Å². The van der Waals surface area contributed by atoms with E-state index in [1.165, 1.54) is 11.8 Å². The van der Waals surface area contributed by atoms with Crippen molar-refractivity contribution in [3.63, 3.8) is 0 Å². The molecule has 0 saturated heterocycles. The minimum Gasteiger partial charge on any atom is -0.325 e. The molecule has 1 atom stereocenters. The van der Waals surface area contributed by atoms with Crippen LogP contribution in [-0.2, 0) is 4.79 Å². The molecule has 3 aromatic rings. The molecule has 0 aliphatic heterocycles. The van der Waals surface area contributed by atoms with Crippen molar-refractivity contribution in [1.82, 2.24) is 15.2 Å². The molecule has 0 bridgehead atoms. The number of nitrogens with zero attached hydrogens (tertiary/aromatic N) is 2. The molecule has 0 fully saturated rings. The second-order valence-electron chi connectivity index (χ2n) is 5.60. The molecule has 7 heteroatoms. The van der Waals surface area contributed by atoms with Crippen LogP contribution in [0.4, 0.5) is 5.69 Å². The highest BCUT2D eigenvalue weighted by atomic mass is 32.2. The molecule has 6 nitrogen and oxygen atoms in total. The third-order valence-electron chi connectivity index (χ3n) is 3.57. The van der Waals surface area contributed by atoms with Gasteiger partial charge in [-0.2, -0.15) is 0 Å². The summed E-state index contributed by atoms with van der Waals surface area (Å²) < 4.78 is 0. The van der Waals surface area contributed by atoms with E-state index in [4.69, 9.17) is 5.73 Å². The molecule has 2 aromatic carbocycles. The lowest BCUT2D eigenvalue weighted by molar-refractivity contribution is -0.113. The van der Waals surface area contributed by atoms with Gasteiger partial charge in [0.05, 0.1) is 11.8 Å². The predicted octanol–water partition coefficient (Wildman–Crippen LogP) is 2.89.